The third kappa shape index (κ3) is 1.96. The summed E-state index contributed by atoms with van der Waals surface area (Å²) < 4.78 is 1.85. The molecule has 0 saturated carbocycles. The molecule has 0 aromatic carbocycles. The van der Waals surface area contributed by atoms with Gasteiger partial charge in [0.1, 0.15) is 6.07 Å². The number of aromatic nitrogens is 2. The minimum Gasteiger partial charge on any atom is -0.323 e. The van der Waals surface area contributed by atoms with Crippen LogP contribution in [0.25, 0.3) is 0 Å². The van der Waals surface area contributed by atoms with Crippen LogP contribution in [-0.2, 0) is 6.54 Å². The van der Waals surface area contributed by atoms with Gasteiger partial charge in [0.25, 0.3) is 0 Å². The van der Waals surface area contributed by atoms with Crippen molar-refractivity contribution in [2.45, 2.75) is 19.4 Å². The zero-order valence-electron chi connectivity index (χ0n) is 6.90. The van der Waals surface area contributed by atoms with E-state index >= 15 is 0 Å². The minimum atomic E-state index is 0.485. The summed E-state index contributed by atoms with van der Waals surface area (Å²) in [6, 6.07) is 2.03. The maximum Gasteiger partial charge on any atom is 0.212 e. The van der Waals surface area contributed by atoms with Crippen LogP contribution >= 0.6 is 0 Å². The molecule has 1 rings (SSSR count). The highest BCUT2D eigenvalue weighted by Gasteiger charge is 1.98. The van der Waals surface area contributed by atoms with Crippen LogP contribution in [0, 0.1) is 11.3 Å². The monoisotopic (exact) mass is 161 g/mol. The molecule has 0 aliphatic rings. The molecule has 1 heterocycles. The van der Waals surface area contributed by atoms with Crippen molar-refractivity contribution in [2.75, 3.05) is 0 Å². The SMILES string of the molecule is C=CCCCn1ccnc1C#N. The fraction of sp³-hybridized carbons (Fsp3) is 0.333. The Balaban J connectivity index is 2.51. The Kier molecular flexibility index (Phi) is 3.09. The molecule has 0 atom stereocenters. The smallest absolute Gasteiger partial charge is 0.212 e. The standard InChI is InChI=1S/C9H11N3/c1-2-3-4-6-12-7-5-11-9(12)8-10/h2,5,7H,1,3-4,6H2. The highest BCUT2D eigenvalue weighted by Crippen LogP contribution is 1.99. The zero-order chi connectivity index (χ0) is 8.81. The maximum atomic E-state index is 8.61. The lowest BCUT2D eigenvalue weighted by atomic mass is 10.3. The molecular formula is C9H11N3. The van der Waals surface area contributed by atoms with E-state index in [-0.39, 0.29) is 0 Å². The Hall–Kier alpha value is -1.56. The first-order valence-corrected chi connectivity index (χ1v) is 3.90. The van der Waals surface area contributed by atoms with Gasteiger partial charge in [0, 0.05) is 18.9 Å². The van der Waals surface area contributed by atoms with Gasteiger partial charge >= 0.3 is 0 Å². The largest absolute Gasteiger partial charge is 0.323 e. The predicted molar refractivity (Wildman–Crippen MR) is 46.4 cm³/mol. The Labute approximate surface area is 72.0 Å². The van der Waals surface area contributed by atoms with E-state index in [0.717, 1.165) is 19.4 Å². The molecule has 0 saturated heterocycles. The molecule has 3 nitrogen and oxygen atoms in total. The van der Waals surface area contributed by atoms with Crippen LogP contribution in [0.5, 0.6) is 0 Å². The Morgan fingerprint density at radius 2 is 2.58 bits per heavy atom. The third-order valence-electron chi connectivity index (χ3n) is 1.62. The first-order valence-electron chi connectivity index (χ1n) is 3.90. The number of imidazole rings is 1. The topological polar surface area (TPSA) is 41.6 Å². The Morgan fingerprint density at radius 1 is 1.75 bits per heavy atom. The lowest BCUT2D eigenvalue weighted by Gasteiger charge is -1.99. The minimum absolute atomic E-state index is 0.485. The van der Waals surface area contributed by atoms with E-state index in [9.17, 15) is 0 Å². The van der Waals surface area contributed by atoms with Crippen LogP contribution in [0.2, 0.25) is 0 Å². The highest BCUT2D eigenvalue weighted by atomic mass is 15.1. The van der Waals surface area contributed by atoms with Gasteiger partial charge in [-0.05, 0) is 12.8 Å². The number of rotatable bonds is 4. The third-order valence-corrected chi connectivity index (χ3v) is 1.62. The van der Waals surface area contributed by atoms with Crippen LogP contribution in [0.15, 0.2) is 25.0 Å². The molecule has 0 spiro atoms. The van der Waals surface area contributed by atoms with Crippen molar-refractivity contribution >= 4 is 0 Å². The van der Waals surface area contributed by atoms with Gasteiger partial charge in [-0.25, -0.2) is 4.98 Å². The van der Waals surface area contributed by atoms with Gasteiger partial charge in [-0.15, -0.1) is 6.58 Å². The summed E-state index contributed by atoms with van der Waals surface area (Å²) in [5.74, 6) is 0.485. The molecule has 0 N–H and O–H groups in total. The van der Waals surface area contributed by atoms with Gasteiger partial charge in [-0.1, -0.05) is 6.08 Å². The van der Waals surface area contributed by atoms with Crippen LogP contribution < -0.4 is 0 Å². The molecule has 1 aromatic rings. The summed E-state index contributed by atoms with van der Waals surface area (Å²) in [6.45, 7) is 4.47. The average molecular weight is 161 g/mol. The number of aryl methyl sites for hydroxylation is 1. The van der Waals surface area contributed by atoms with Gasteiger partial charge in [-0.3, -0.25) is 0 Å². The molecule has 0 radical (unpaired) electrons. The second-order valence-electron chi connectivity index (χ2n) is 2.49. The summed E-state index contributed by atoms with van der Waals surface area (Å²) >= 11 is 0. The van der Waals surface area contributed by atoms with Crippen LogP contribution in [0.4, 0.5) is 0 Å². The maximum absolute atomic E-state index is 8.61. The zero-order valence-corrected chi connectivity index (χ0v) is 6.90. The summed E-state index contributed by atoms with van der Waals surface area (Å²) in [5.41, 5.74) is 0. The van der Waals surface area contributed by atoms with Gasteiger partial charge in [-0.2, -0.15) is 5.26 Å². The quantitative estimate of drug-likeness (QED) is 0.498. The number of hydrogen-bond acceptors (Lipinski definition) is 2. The van der Waals surface area contributed by atoms with Crippen molar-refractivity contribution in [1.82, 2.24) is 9.55 Å². The Morgan fingerprint density at radius 3 is 3.25 bits per heavy atom. The van der Waals surface area contributed by atoms with E-state index < -0.39 is 0 Å². The van der Waals surface area contributed by atoms with Crippen LogP contribution in [0.3, 0.4) is 0 Å². The van der Waals surface area contributed by atoms with E-state index in [1.807, 2.05) is 22.9 Å². The summed E-state index contributed by atoms with van der Waals surface area (Å²) in [6.07, 6.45) is 7.33. The molecule has 0 aliphatic heterocycles. The number of hydrogen-bond donors (Lipinski definition) is 0. The van der Waals surface area contributed by atoms with Crippen LogP contribution in [-0.4, -0.2) is 9.55 Å². The normalized spacial score (nSPS) is 9.25. The molecule has 0 fully saturated rings. The van der Waals surface area contributed by atoms with Crippen molar-refractivity contribution in [3.63, 3.8) is 0 Å². The van der Waals surface area contributed by atoms with Crippen molar-refractivity contribution < 1.29 is 0 Å². The molecule has 1 aromatic heterocycles. The van der Waals surface area contributed by atoms with E-state index in [4.69, 9.17) is 5.26 Å². The van der Waals surface area contributed by atoms with Crippen molar-refractivity contribution in [3.05, 3.63) is 30.9 Å². The number of allylic oxidation sites excluding steroid dienone is 1. The molecule has 12 heavy (non-hydrogen) atoms. The fourth-order valence-electron chi connectivity index (χ4n) is 1.01. The molecule has 3 heteroatoms. The van der Waals surface area contributed by atoms with Gasteiger partial charge in [0.2, 0.25) is 5.82 Å². The predicted octanol–water partition coefficient (Wildman–Crippen LogP) is 1.72. The Bertz CT molecular complexity index is 293. The summed E-state index contributed by atoms with van der Waals surface area (Å²) in [7, 11) is 0. The molecule has 0 unspecified atom stereocenters. The summed E-state index contributed by atoms with van der Waals surface area (Å²) in [4.78, 5) is 3.89. The van der Waals surface area contributed by atoms with Gasteiger partial charge in [0.05, 0.1) is 0 Å². The van der Waals surface area contributed by atoms with Crippen molar-refractivity contribution in [1.29, 1.82) is 5.26 Å². The first kappa shape index (κ1) is 8.54. The molecule has 62 valence electrons. The molecule has 0 aliphatic carbocycles. The lowest BCUT2D eigenvalue weighted by molar-refractivity contribution is 0.643. The average Bonchev–Trinajstić information content (AvgIpc) is 2.52. The number of unbranched alkanes of at least 4 members (excludes halogenated alkanes) is 1. The molecule has 0 bridgehead atoms. The number of nitrogens with zero attached hydrogens (tertiary/aromatic N) is 3. The lowest BCUT2D eigenvalue weighted by Crippen LogP contribution is -1.99. The van der Waals surface area contributed by atoms with Gasteiger partial charge < -0.3 is 4.57 Å². The molecular weight excluding hydrogens is 150 g/mol. The van der Waals surface area contributed by atoms with Crippen LogP contribution in [0.1, 0.15) is 18.7 Å². The first-order chi connectivity index (χ1) is 5.88. The second kappa shape index (κ2) is 4.35. The van der Waals surface area contributed by atoms with E-state index in [1.165, 1.54) is 0 Å². The van der Waals surface area contributed by atoms with E-state index in [0.29, 0.717) is 5.82 Å². The van der Waals surface area contributed by atoms with Crippen molar-refractivity contribution in [3.8, 4) is 6.07 Å². The second-order valence-corrected chi connectivity index (χ2v) is 2.49. The molecule has 0 amide bonds. The van der Waals surface area contributed by atoms with E-state index in [1.54, 1.807) is 6.20 Å². The summed E-state index contributed by atoms with van der Waals surface area (Å²) in [5, 5.41) is 8.61. The fourth-order valence-corrected chi connectivity index (χ4v) is 1.01. The van der Waals surface area contributed by atoms with E-state index in [2.05, 4.69) is 11.6 Å². The highest BCUT2D eigenvalue weighted by molar-refractivity contribution is 5.10. The van der Waals surface area contributed by atoms with Crippen molar-refractivity contribution in [2.24, 2.45) is 0 Å². The van der Waals surface area contributed by atoms with Gasteiger partial charge in [0.15, 0.2) is 0 Å². The number of nitriles is 1.